The number of hydrogen-bond acceptors (Lipinski definition) is 2. The first-order valence-electron chi connectivity index (χ1n) is 7.42. The number of piperidine rings is 1. The maximum atomic E-state index is 6.22. The Hall–Kier alpha value is -0.280. The average Bonchev–Trinajstić information content (AvgIpc) is 2.87. The molecule has 1 aromatic rings. The third kappa shape index (κ3) is 1.85. The van der Waals surface area contributed by atoms with Gasteiger partial charge in [0.2, 0.25) is 0 Å². The van der Waals surface area contributed by atoms with Crippen LogP contribution in [0.4, 0.5) is 0 Å². The van der Waals surface area contributed by atoms with Crippen LogP contribution in [0.25, 0.3) is 0 Å². The molecule has 6 atom stereocenters. The molecule has 0 N–H and O–H groups in total. The fraction of sp³-hybridized carbons (Fsp3) is 0.625. The van der Waals surface area contributed by atoms with E-state index in [1.807, 2.05) is 13.2 Å². The second kappa shape index (κ2) is 4.88. The van der Waals surface area contributed by atoms with Crippen molar-refractivity contribution in [1.29, 1.82) is 0 Å². The van der Waals surface area contributed by atoms with Crippen LogP contribution in [0.1, 0.15) is 30.7 Å². The fourth-order valence-corrected chi connectivity index (χ4v) is 5.11. The van der Waals surface area contributed by atoms with Crippen LogP contribution >= 0.6 is 23.2 Å². The average molecular weight is 312 g/mol. The van der Waals surface area contributed by atoms with Crippen molar-refractivity contribution >= 4 is 23.2 Å². The molecule has 4 rings (SSSR count). The Labute approximate surface area is 130 Å². The molecule has 0 saturated carbocycles. The van der Waals surface area contributed by atoms with Gasteiger partial charge in [-0.3, -0.25) is 4.90 Å². The van der Waals surface area contributed by atoms with Crippen molar-refractivity contribution in [3.63, 3.8) is 0 Å². The molecule has 3 unspecified atom stereocenters. The van der Waals surface area contributed by atoms with Gasteiger partial charge in [-0.2, -0.15) is 0 Å². The highest BCUT2D eigenvalue weighted by molar-refractivity contribution is 6.42. The predicted molar refractivity (Wildman–Crippen MR) is 81.6 cm³/mol. The summed E-state index contributed by atoms with van der Waals surface area (Å²) in [6.45, 7) is 1.11. The zero-order valence-electron chi connectivity index (χ0n) is 11.6. The summed E-state index contributed by atoms with van der Waals surface area (Å²) in [5.41, 5.74) is 1.34. The summed E-state index contributed by atoms with van der Waals surface area (Å²) in [5, 5.41) is 1.32. The van der Waals surface area contributed by atoms with Gasteiger partial charge < -0.3 is 4.74 Å². The van der Waals surface area contributed by atoms with E-state index in [1.54, 1.807) is 0 Å². The molecular formula is C16H19Cl2NO. The number of halogens is 2. The summed E-state index contributed by atoms with van der Waals surface area (Å²) < 4.78 is 5.78. The Kier molecular flexibility index (Phi) is 3.26. The van der Waals surface area contributed by atoms with Gasteiger partial charge in [-0.15, -0.1) is 0 Å². The topological polar surface area (TPSA) is 12.5 Å². The molecule has 0 aromatic heterocycles. The molecule has 3 heterocycles. The molecular weight excluding hydrogens is 293 g/mol. The van der Waals surface area contributed by atoms with Gasteiger partial charge in [0.15, 0.2) is 0 Å². The highest BCUT2D eigenvalue weighted by Gasteiger charge is 2.55. The molecule has 0 spiro atoms. The Morgan fingerprint density at radius 3 is 2.80 bits per heavy atom. The van der Waals surface area contributed by atoms with E-state index in [4.69, 9.17) is 27.9 Å². The molecule has 0 aliphatic carbocycles. The number of rotatable bonds is 2. The van der Waals surface area contributed by atoms with Crippen molar-refractivity contribution in [2.24, 2.45) is 5.92 Å². The van der Waals surface area contributed by atoms with Gasteiger partial charge in [0.1, 0.15) is 0 Å². The number of benzene rings is 1. The first kappa shape index (κ1) is 13.4. The smallest absolute Gasteiger partial charge is 0.0747 e. The van der Waals surface area contributed by atoms with Crippen molar-refractivity contribution in [2.45, 2.75) is 43.4 Å². The molecule has 3 aliphatic heterocycles. The van der Waals surface area contributed by atoms with E-state index in [9.17, 15) is 0 Å². The lowest BCUT2D eigenvalue weighted by atomic mass is 9.77. The van der Waals surface area contributed by atoms with Crippen LogP contribution in [0.5, 0.6) is 0 Å². The van der Waals surface area contributed by atoms with Crippen LogP contribution in [-0.2, 0) is 4.74 Å². The van der Waals surface area contributed by atoms with Crippen molar-refractivity contribution < 1.29 is 4.74 Å². The maximum absolute atomic E-state index is 6.22. The SMILES string of the molecule is COC1CN2C3CC[C@@H]2[C@@H]1[C@@H](c1ccc(Cl)c(Cl)c1)C3. The molecule has 3 aliphatic rings. The third-order valence-electron chi connectivity index (χ3n) is 5.62. The molecule has 3 fully saturated rings. The third-order valence-corrected chi connectivity index (χ3v) is 6.36. The highest BCUT2D eigenvalue weighted by atomic mass is 35.5. The Balaban J connectivity index is 1.72. The lowest BCUT2D eigenvalue weighted by Crippen LogP contribution is -2.41. The van der Waals surface area contributed by atoms with E-state index in [1.165, 1.54) is 24.8 Å². The molecule has 4 heteroatoms. The van der Waals surface area contributed by atoms with Crippen molar-refractivity contribution in [3.8, 4) is 0 Å². The van der Waals surface area contributed by atoms with Gasteiger partial charge in [0, 0.05) is 31.7 Å². The van der Waals surface area contributed by atoms with Crippen molar-refractivity contribution in [2.75, 3.05) is 13.7 Å². The first-order valence-corrected chi connectivity index (χ1v) is 8.18. The first-order chi connectivity index (χ1) is 9.69. The quantitative estimate of drug-likeness (QED) is 0.819. The van der Waals surface area contributed by atoms with Crippen LogP contribution in [-0.4, -0.2) is 36.7 Å². The second-order valence-corrected chi connectivity index (χ2v) is 7.18. The van der Waals surface area contributed by atoms with E-state index in [2.05, 4.69) is 17.0 Å². The van der Waals surface area contributed by atoms with Gasteiger partial charge in [0.05, 0.1) is 16.1 Å². The standard InChI is InChI=1S/C16H19Cl2NO/c1-20-15-8-19-10-3-5-14(19)16(15)11(7-10)9-2-4-12(17)13(18)6-9/h2,4,6,10-11,14-16H,3,5,7-8H2,1H3/t10?,11-,14-,15?,16+/m1/s1. The lowest BCUT2D eigenvalue weighted by molar-refractivity contribution is 0.0652. The Morgan fingerprint density at radius 1 is 1.20 bits per heavy atom. The van der Waals surface area contributed by atoms with E-state index in [0.29, 0.717) is 34.0 Å². The minimum absolute atomic E-state index is 0.366. The second-order valence-electron chi connectivity index (χ2n) is 6.36. The molecule has 0 amide bonds. The monoisotopic (exact) mass is 311 g/mol. The lowest BCUT2D eigenvalue weighted by Gasteiger charge is -2.38. The summed E-state index contributed by atoms with van der Waals surface area (Å²) in [6.07, 6.45) is 4.27. The van der Waals surface area contributed by atoms with E-state index in [0.717, 1.165) is 12.6 Å². The Bertz CT molecular complexity index is 535. The van der Waals surface area contributed by atoms with Crippen LogP contribution in [0.2, 0.25) is 10.0 Å². The summed E-state index contributed by atoms with van der Waals surface area (Å²) in [6, 6.07) is 7.59. The number of hydrogen-bond donors (Lipinski definition) is 0. The normalized spacial score (nSPS) is 42.1. The fourth-order valence-electron chi connectivity index (χ4n) is 4.80. The van der Waals surface area contributed by atoms with E-state index in [-0.39, 0.29) is 0 Å². The van der Waals surface area contributed by atoms with Gasteiger partial charge in [-0.05, 0) is 42.9 Å². The van der Waals surface area contributed by atoms with E-state index < -0.39 is 0 Å². The van der Waals surface area contributed by atoms with Crippen LogP contribution in [0.15, 0.2) is 18.2 Å². The van der Waals surface area contributed by atoms with Crippen molar-refractivity contribution in [1.82, 2.24) is 4.90 Å². The number of methoxy groups -OCH3 is 1. The van der Waals surface area contributed by atoms with Gasteiger partial charge >= 0.3 is 0 Å². The van der Waals surface area contributed by atoms with Crippen LogP contribution < -0.4 is 0 Å². The molecule has 0 radical (unpaired) electrons. The highest BCUT2D eigenvalue weighted by Crippen LogP contribution is 2.53. The zero-order valence-corrected chi connectivity index (χ0v) is 13.1. The largest absolute Gasteiger partial charge is 0.380 e. The molecule has 20 heavy (non-hydrogen) atoms. The van der Waals surface area contributed by atoms with Crippen LogP contribution in [0.3, 0.4) is 0 Å². The molecule has 1 aromatic carbocycles. The number of ether oxygens (including phenoxy) is 1. The summed E-state index contributed by atoms with van der Waals surface area (Å²) in [5.74, 6) is 1.17. The molecule has 3 saturated heterocycles. The zero-order chi connectivity index (χ0) is 13.9. The molecule has 2 nitrogen and oxygen atoms in total. The molecule has 108 valence electrons. The Morgan fingerprint density at radius 2 is 2.05 bits per heavy atom. The summed E-state index contributed by atoms with van der Waals surface area (Å²) in [4.78, 5) is 2.69. The predicted octanol–water partition coefficient (Wildman–Crippen LogP) is 3.96. The van der Waals surface area contributed by atoms with E-state index >= 15 is 0 Å². The molecule has 4 bridgehead atoms. The van der Waals surface area contributed by atoms with Gasteiger partial charge in [-0.1, -0.05) is 29.3 Å². The van der Waals surface area contributed by atoms with Gasteiger partial charge in [0.25, 0.3) is 0 Å². The van der Waals surface area contributed by atoms with Crippen molar-refractivity contribution in [3.05, 3.63) is 33.8 Å². The summed E-state index contributed by atoms with van der Waals surface area (Å²) >= 11 is 12.3. The minimum Gasteiger partial charge on any atom is -0.380 e. The summed E-state index contributed by atoms with van der Waals surface area (Å²) in [7, 11) is 1.85. The van der Waals surface area contributed by atoms with Crippen LogP contribution in [0, 0.1) is 5.92 Å². The minimum atomic E-state index is 0.366. The van der Waals surface area contributed by atoms with Gasteiger partial charge in [-0.25, -0.2) is 0 Å². The number of nitrogens with zero attached hydrogens (tertiary/aromatic N) is 1. The maximum Gasteiger partial charge on any atom is 0.0747 e.